The maximum absolute atomic E-state index is 12.1. The monoisotopic (exact) mass is 252 g/mol. The first kappa shape index (κ1) is 12.5. The average molecular weight is 252 g/mol. The van der Waals surface area contributed by atoms with Gasteiger partial charge in [0.1, 0.15) is 12.1 Å². The highest BCUT2D eigenvalue weighted by atomic mass is 16.5. The van der Waals surface area contributed by atoms with Crippen molar-refractivity contribution < 1.29 is 14.1 Å². The van der Waals surface area contributed by atoms with Gasteiger partial charge in [-0.3, -0.25) is 9.59 Å². The molecule has 2 atom stereocenters. The minimum atomic E-state index is -0.455. The number of amides is 2. The lowest BCUT2D eigenvalue weighted by molar-refractivity contribution is -0.148. The molecule has 18 heavy (non-hydrogen) atoms. The predicted molar refractivity (Wildman–Crippen MR) is 61.4 cm³/mol. The smallest absolute Gasteiger partial charge is 0.245 e. The Morgan fingerprint density at radius 3 is 2.89 bits per heavy atom. The van der Waals surface area contributed by atoms with Crippen LogP contribution in [0.1, 0.15) is 26.2 Å². The molecule has 1 aliphatic heterocycles. The van der Waals surface area contributed by atoms with Crippen LogP contribution in [-0.2, 0) is 16.0 Å². The molecule has 7 heteroatoms. The summed E-state index contributed by atoms with van der Waals surface area (Å²) in [4.78, 5) is 29.3. The second kappa shape index (κ2) is 5.16. The fourth-order valence-corrected chi connectivity index (χ4v) is 1.99. The molecular weight excluding hydrogens is 236 g/mol. The molecule has 1 aliphatic rings. The molecule has 2 amide bonds. The molecule has 2 unspecified atom stereocenters. The molecule has 0 spiro atoms. The van der Waals surface area contributed by atoms with Gasteiger partial charge in [-0.2, -0.15) is 4.98 Å². The fraction of sp³-hybridized carbons (Fsp3) is 0.636. The summed E-state index contributed by atoms with van der Waals surface area (Å²) >= 11 is 0. The Hall–Kier alpha value is -1.92. The van der Waals surface area contributed by atoms with Crippen LogP contribution in [0, 0.1) is 0 Å². The minimum Gasteiger partial charge on any atom is -0.343 e. The maximum Gasteiger partial charge on any atom is 0.245 e. The van der Waals surface area contributed by atoms with Gasteiger partial charge in [0, 0.05) is 13.0 Å². The molecule has 7 nitrogen and oxygen atoms in total. The van der Waals surface area contributed by atoms with Gasteiger partial charge in [0.15, 0.2) is 6.33 Å². The Morgan fingerprint density at radius 2 is 2.28 bits per heavy atom. The van der Waals surface area contributed by atoms with Crippen LogP contribution in [0.15, 0.2) is 10.9 Å². The lowest BCUT2D eigenvalue weighted by Crippen LogP contribution is -2.62. The Balaban J connectivity index is 2.03. The highest BCUT2D eigenvalue weighted by Crippen LogP contribution is 2.12. The first-order valence-electron chi connectivity index (χ1n) is 6.00. The van der Waals surface area contributed by atoms with Crippen molar-refractivity contribution in [2.24, 2.45) is 0 Å². The van der Waals surface area contributed by atoms with Crippen LogP contribution in [0.3, 0.4) is 0 Å². The van der Waals surface area contributed by atoms with Crippen LogP contribution in [0.25, 0.3) is 0 Å². The number of carbonyl (C=O) groups excluding carboxylic acids is 2. The third-order valence-corrected chi connectivity index (χ3v) is 3.13. The van der Waals surface area contributed by atoms with Gasteiger partial charge >= 0.3 is 0 Å². The summed E-state index contributed by atoms with van der Waals surface area (Å²) < 4.78 is 4.88. The largest absolute Gasteiger partial charge is 0.343 e. The van der Waals surface area contributed by atoms with E-state index >= 15 is 0 Å². The van der Waals surface area contributed by atoms with E-state index in [4.69, 9.17) is 4.52 Å². The van der Waals surface area contributed by atoms with E-state index < -0.39 is 12.1 Å². The molecule has 98 valence electrons. The molecule has 0 aromatic carbocycles. The first-order chi connectivity index (χ1) is 8.63. The highest BCUT2D eigenvalue weighted by Gasteiger charge is 2.36. The van der Waals surface area contributed by atoms with Crippen LogP contribution in [-0.4, -0.2) is 45.5 Å². The molecule has 2 heterocycles. The Kier molecular flexibility index (Phi) is 3.59. The average Bonchev–Trinajstić information content (AvgIpc) is 2.87. The molecule has 1 saturated heterocycles. The lowest BCUT2D eigenvalue weighted by Gasteiger charge is -2.36. The van der Waals surface area contributed by atoms with Crippen molar-refractivity contribution in [3.63, 3.8) is 0 Å². The van der Waals surface area contributed by atoms with Crippen molar-refractivity contribution in [2.75, 3.05) is 6.54 Å². The third-order valence-electron chi connectivity index (χ3n) is 3.13. The Morgan fingerprint density at radius 1 is 1.50 bits per heavy atom. The highest BCUT2D eigenvalue weighted by molar-refractivity contribution is 5.96. The number of hydrogen-bond donors (Lipinski definition) is 1. The van der Waals surface area contributed by atoms with Crippen LogP contribution >= 0.6 is 0 Å². The summed E-state index contributed by atoms with van der Waals surface area (Å²) in [5.41, 5.74) is 0. The predicted octanol–water partition coefficient (Wildman–Crippen LogP) is -0.262. The van der Waals surface area contributed by atoms with Gasteiger partial charge in [-0.1, -0.05) is 12.1 Å². The summed E-state index contributed by atoms with van der Waals surface area (Å²) in [6.07, 6.45) is 2.37. The number of piperazine rings is 1. The van der Waals surface area contributed by atoms with Crippen LogP contribution in [0.4, 0.5) is 0 Å². The van der Waals surface area contributed by atoms with Crippen molar-refractivity contribution in [2.45, 2.75) is 38.8 Å². The molecule has 0 radical (unpaired) electrons. The van der Waals surface area contributed by atoms with Gasteiger partial charge in [0.25, 0.3) is 0 Å². The van der Waals surface area contributed by atoms with Gasteiger partial charge in [-0.15, -0.1) is 0 Å². The first-order valence-corrected chi connectivity index (χ1v) is 6.00. The fourth-order valence-electron chi connectivity index (χ4n) is 1.99. The van der Waals surface area contributed by atoms with Gasteiger partial charge in [-0.05, 0) is 13.3 Å². The van der Waals surface area contributed by atoms with E-state index in [1.54, 1.807) is 11.8 Å². The maximum atomic E-state index is 12.1. The molecular formula is C11H16N4O3. The second-order valence-corrected chi connectivity index (χ2v) is 4.26. The molecule has 0 saturated carbocycles. The van der Waals surface area contributed by atoms with E-state index in [1.807, 2.05) is 6.92 Å². The standard InChI is InChI=1S/C11H16N4O3/c1-3-8-11(17)15(7(2)10(16)14-8)5-4-9-12-6-13-18-9/h6-8H,3-5H2,1-2H3,(H,14,16). The van der Waals surface area contributed by atoms with E-state index in [0.717, 1.165) is 0 Å². The normalized spacial score (nSPS) is 24.2. The van der Waals surface area contributed by atoms with Crippen molar-refractivity contribution in [1.29, 1.82) is 0 Å². The third kappa shape index (κ3) is 2.34. The molecule has 1 fully saturated rings. The van der Waals surface area contributed by atoms with Gasteiger partial charge < -0.3 is 14.7 Å². The van der Waals surface area contributed by atoms with E-state index in [-0.39, 0.29) is 11.8 Å². The van der Waals surface area contributed by atoms with Gasteiger partial charge in [0.05, 0.1) is 0 Å². The van der Waals surface area contributed by atoms with Gasteiger partial charge in [-0.25, -0.2) is 0 Å². The summed E-state index contributed by atoms with van der Waals surface area (Å²) in [5.74, 6) is 0.296. The SMILES string of the molecule is CCC1NC(=O)C(C)N(CCc2ncno2)C1=O. The molecule has 0 aliphatic carbocycles. The van der Waals surface area contributed by atoms with Crippen molar-refractivity contribution in [3.8, 4) is 0 Å². The number of carbonyl (C=O) groups is 2. The lowest BCUT2D eigenvalue weighted by atomic mass is 10.1. The molecule has 0 bridgehead atoms. The number of rotatable bonds is 4. The number of aromatic nitrogens is 2. The van der Waals surface area contributed by atoms with Crippen LogP contribution < -0.4 is 5.32 Å². The van der Waals surface area contributed by atoms with Crippen LogP contribution in [0.5, 0.6) is 0 Å². The summed E-state index contributed by atoms with van der Waals surface area (Å²) in [6.45, 7) is 3.99. The zero-order valence-corrected chi connectivity index (χ0v) is 10.4. The second-order valence-electron chi connectivity index (χ2n) is 4.26. The number of nitrogens with zero attached hydrogens (tertiary/aromatic N) is 3. The zero-order chi connectivity index (χ0) is 13.1. The van der Waals surface area contributed by atoms with Crippen molar-refractivity contribution in [1.82, 2.24) is 20.4 Å². The molecule has 1 N–H and O–H groups in total. The van der Waals surface area contributed by atoms with E-state index in [9.17, 15) is 9.59 Å². The minimum absolute atomic E-state index is 0.0517. The molecule has 2 rings (SSSR count). The van der Waals surface area contributed by atoms with Crippen molar-refractivity contribution in [3.05, 3.63) is 12.2 Å². The quantitative estimate of drug-likeness (QED) is 0.797. The summed E-state index contributed by atoms with van der Waals surface area (Å²) in [5, 5.41) is 6.21. The van der Waals surface area contributed by atoms with Gasteiger partial charge in [0.2, 0.25) is 17.7 Å². The Bertz CT molecular complexity index is 432. The van der Waals surface area contributed by atoms with Crippen molar-refractivity contribution >= 4 is 11.8 Å². The summed E-state index contributed by atoms with van der Waals surface area (Å²) in [6, 6.07) is -0.875. The van der Waals surface area contributed by atoms with E-state index in [2.05, 4.69) is 15.5 Å². The van der Waals surface area contributed by atoms with E-state index in [0.29, 0.717) is 25.3 Å². The van der Waals surface area contributed by atoms with Crippen LogP contribution in [0.2, 0.25) is 0 Å². The number of nitrogens with one attached hydrogen (secondary N) is 1. The molecule has 1 aromatic rings. The van der Waals surface area contributed by atoms with E-state index in [1.165, 1.54) is 6.33 Å². The summed E-state index contributed by atoms with van der Waals surface area (Å²) in [7, 11) is 0. The topological polar surface area (TPSA) is 88.3 Å². The Labute approximate surface area is 105 Å². The number of hydrogen-bond acceptors (Lipinski definition) is 5. The molecule has 1 aromatic heterocycles. The zero-order valence-electron chi connectivity index (χ0n) is 10.4.